The van der Waals surface area contributed by atoms with E-state index in [9.17, 15) is 4.79 Å². The minimum atomic E-state index is -0.459. The van der Waals surface area contributed by atoms with Crippen molar-refractivity contribution in [2.24, 2.45) is 5.73 Å². The summed E-state index contributed by atoms with van der Waals surface area (Å²) in [5.74, 6) is 0.214. The monoisotopic (exact) mass is 334 g/mol. The molecule has 0 aromatic heterocycles. The van der Waals surface area contributed by atoms with Crippen LogP contribution in [0.15, 0.2) is 46.9 Å². The first-order valence-electron chi connectivity index (χ1n) is 6.06. The lowest BCUT2D eigenvalue weighted by Gasteiger charge is -2.12. The third-order valence-corrected chi connectivity index (χ3v) is 3.41. The molecule has 3 N–H and O–H groups in total. The molecule has 1 amide bonds. The van der Waals surface area contributed by atoms with Crippen LogP contribution in [0, 0.1) is 0 Å². The molecule has 104 valence electrons. The van der Waals surface area contributed by atoms with Crippen LogP contribution in [0.2, 0.25) is 0 Å². The number of hydrogen-bond donors (Lipinski definition) is 2. The summed E-state index contributed by atoms with van der Waals surface area (Å²) in [4.78, 5) is 11.2. The Hall–Kier alpha value is -2.01. The average molecular weight is 335 g/mol. The highest BCUT2D eigenvalue weighted by atomic mass is 79.9. The molecule has 0 saturated heterocycles. The molecule has 4 nitrogen and oxygen atoms in total. The predicted octanol–water partition coefficient (Wildman–Crippen LogP) is 3.17. The fourth-order valence-corrected chi connectivity index (χ4v) is 2.06. The molecule has 0 atom stereocenters. The molecule has 0 bridgehead atoms. The van der Waals surface area contributed by atoms with Crippen molar-refractivity contribution in [1.29, 1.82) is 0 Å². The number of hydrogen-bond acceptors (Lipinski definition) is 3. The topological polar surface area (TPSA) is 64.3 Å². The first-order valence-corrected chi connectivity index (χ1v) is 6.85. The van der Waals surface area contributed by atoms with Crippen LogP contribution in [0.1, 0.15) is 15.9 Å². The zero-order valence-corrected chi connectivity index (χ0v) is 12.6. The Morgan fingerprint density at radius 2 is 1.95 bits per heavy atom. The molecule has 0 unspecified atom stereocenters. The summed E-state index contributed by atoms with van der Waals surface area (Å²) in [6, 6.07) is 13.1. The minimum Gasteiger partial charge on any atom is -0.495 e. The van der Waals surface area contributed by atoms with Crippen LogP contribution in [-0.4, -0.2) is 13.0 Å². The molecule has 20 heavy (non-hydrogen) atoms. The third kappa shape index (κ3) is 3.51. The van der Waals surface area contributed by atoms with Crippen molar-refractivity contribution in [2.45, 2.75) is 6.54 Å². The van der Waals surface area contributed by atoms with Gasteiger partial charge >= 0.3 is 0 Å². The van der Waals surface area contributed by atoms with Gasteiger partial charge in [0.05, 0.1) is 12.8 Å². The quantitative estimate of drug-likeness (QED) is 0.882. The lowest BCUT2D eigenvalue weighted by Crippen LogP contribution is -2.11. The number of nitrogens with two attached hydrogens (primary N) is 1. The van der Waals surface area contributed by atoms with Gasteiger partial charge in [0.15, 0.2) is 0 Å². The molecule has 2 rings (SSSR count). The van der Waals surface area contributed by atoms with Crippen molar-refractivity contribution in [2.75, 3.05) is 12.4 Å². The fourth-order valence-electron chi connectivity index (χ4n) is 1.80. The molecule has 0 aliphatic carbocycles. The number of methoxy groups -OCH3 is 1. The van der Waals surface area contributed by atoms with Crippen LogP contribution < -0.4 is 15.8 Å². The van der Waals surface area contributed by atoms with Crippen LogP contribution in [0.3, 0.4) is 0 Å². The molecule has 0 aliphatic rings. The molecule has 2 aromatic rings. The van der Waals surface area contributed by atoms with Gasteiger partial charge in [-0.25, -0.2) is 0 Å². The van der Waals surface area contributed by atoms with Gasteiger partial charge in [-0.1, -0.05) is 28.1 Å². The number of rotatable bonds is 5. The number of carbonyl (C=O) groups is 1. The third-order valence-electron chi connectivity index (χ3n) is 2.88. The lowest BCUT2D eigenvalue weighted by molar-refractivity contribution is 0.100. The summed E-state index contributed by atoms with van der Waals surface area (Å²) >= 11 is 3.40. The van der Waals surface area contributed by atoms with Gasteiger partial charge in [0.1, 0.15) is 5.75 Å². The summed E-state index contributed by atoms with van der Waals surface area (Å²) in [5, 5.41) is 3.25. The number of halogens is 1. The second-order valence-corrected chi connectivity index (χ2v) is 5.18. The Bertz CT molecular complexity index is 612. The molecule has 2 aromatic carbocycles. The average Bonchev–Trinajstić information content (AvgIpc) is 2.46. The number of primary amides is 1. The number of carbonyl (C=O) groups excluding carboxylic acids is 1. The van der Waals surface area contributed by atoms with E-state index < -0.39 is 5.91 Å². The Morgan fingerprint density at radius 1 is 1.25 bits per heavy atom. The molecular weight excluding hydrogens is 320 g/mol. The molecule has 0 aliphatic heterocycles. The molecule has 0 saturated carbocycles. The van der Waals surface area contributed by atoms with Gasteiger partial charge in [-0.15, -0.1) is 0 Å². The Kier molecular flexibility index (Phi) is 4.63. The van der Waals surface area contributed by atoms with Crippen molar-refractivity contribution >= 4 is 27.5 Å². The number of nitrogens with one attached hydrogen (secondary N) is 1. The maximum Gasteiger partial charge on any atom is 0.248 e. The number of ether oxygens (including phenoxy) is 1. The van der Waals surface area contributed by atoms with E-state index in [0.29, 0.717) is 17.9 Å². The van der Waals surface area contributed by atoms with Gasteiger partial charge < -0.3 is 15.8 Å². The van der Waals surface area contributed by atoms with E-state index in [1.807, 2.05) is 24.3 Å². The molecule has 5 heteroatoms. The van der Waals surface area contributed by atoms with E-state index in [-0.39, 0.29) is 0 Å². The van der Waals surface area contributed by atoms with E-state index in [1.54, 1.807) is 25.3 Å². The molecule has 0 fully saturated rings. The van der Waals surface area contributed by atoms with Gasteiger partial charge in [-0.05, 0) is 35.9 Å². The first-order chi connectivity index (χ1) is 9.60. The fraction of sp³-hybridized carbons (Fsp3) is 0.133. The van der Waals surface area contributed by atoms with Gasteiger partial charge in [-0.3, -0.25) is 4.79 Å². The van der Waals surface area contributed by atoms with Crippen molar-refractivity contribution in [3.63, 3.8) is 0 Å². The zero-order valence-electron chi connectivity index (χ0n) is 11.0. The highest BCUT2D eigenvalue weighted by Gasteiger charge is 2.07. The summed E-state index contributed by atoms with van der Waals surface area (Å²) in [5.41, 5.74) is 7.60. The highest BCUT2D eigenvalue weighted by Crippen LogP contribution is 2.26. The lowest BCUT2D eigenvalue weighted by atomic mass is 10.1. The predicted molar refractivity (Wildman–Crippen MR) is 83.0 cm³/mol. The number of amides is 1. The maximum absolute atomic E-state index is 11.2. The maximum atomic E-state index is 11.2. The smallest absolute Gasteiger partial charge is 0.248 e. The van der Waals surface area contributed by atoms with Gasteiger partial charge in [-0.2, -0.15) is 0 Å². The van der Waals surface area contributed by atoms with E-state index >= 15 is 0 Å². The van der Waals surface area contributed by atoms with Crippen LogP contribution in [0.5, 0.6) is 5.75 Å². The normalized spacial score (nSPS) is 10.1. The van der Waals surface area contributed by atoms with Crippen LogP contribution in [0.4, 0.5) is 5.69 Å². The van der Waals surface area contributed by atoms with E-state index in [1.165, 1.54) is 0 Å². The Balaban J connectivity index is 2.16. The Morgan fingerprint density at radius 3 is 2.55 bits per heavy atom. The molecular formula is C15H15BrN2O2. The van der Waals surface area contributed by atoms with Gasteiger partial charge in [0, 0.05) is 16.6 Å². The summed E-state index contributed by atoms with van der Waals surface area (Å²) in [6.07, 6.45) is 0. The van der Waals surface area contributed by atoms with E-state index in [2.05, 4.69) is 21.2 Å². The van der Waals surface area contributed by atoms with E-state index in [4.69, 9.17) is 10.5 Å². The molecule has 0 spiro atoms. The second-order valence-electron chi connectivity index (χ2n) is 4.26. The SMILES string of the molecule is COc1ccc(C(N)=O)cc1NCc1ccc(Br)cc1. The highest BCUT2D eigenvalue weighted by molar-refractivity contribution is 9.10. The second kappa shape index (κ2) is 6.43. The number of benzene rings is 2. The largest absolute Gasteiger partial charge is 0.495 e. The summed E-state index contributed by atoms with van der Waals surface area (Å²) < 4.78 is 6.30. The van der Waals surface area contributed by atoms with Crippen molar-refractivity contribution in [3.8, 4) is 5.75 Å². The van der Waals surface area contributed by atoms with Crippen molar-refractivity contribution < 1.29 is 9.53 Å². The van der Waals surface area contributed by atoms with E-state index in [0.717, 1.165) is 15.7 Å². The summed E-state index contributed by atoms with van der Waals surface area (Å²) in [6.45, 7) is 0.631. The van der Waals surface area contributed by atoms with Gasteiger partial charge in [0.2, 0.25) is 5.91 Å². The van der Waals surface area contributed by atoms with Crippen molar-refractivity contribution in [3.05, 3.63) is 58.1 Å². The van der Waals surface area contributed by atoms with Crippen molar-refractivity contribution in [1.82, 2.24) is 0 Å². The number of anilines is 1. The standard InChI is InChI=1S/C15H15BrN2O2/c1-20-14-7-4-11(15(17)19)8-13(14)18-9-10-2-5-12(16)6-3-10/h2-8,18H,9H2,1H3,(H2,17,19). The minimum absolute atomic E-state index is 0.448. The van der Waals surface area contributed by atoms with Gasteiger partial charge in [0.25, 0.3) is 0 Å². The van der Waals surface area contributed by atoms with Crippen LogP contribution in [-0.2, 0) is 6.54 Å². The zero-order chi connectivity index (χ0) is 14.5. The van der Waals surface area contributed by atoms with Crippen LogP contribution in [0.25, 0.3) is 0 Å². The first kappa shape index (κ1) is 14.4. The Labute approximate surface area is 126 Å². The van der Waals surface area contributed by atoms with Crippen LogP contribution >= 0.6 is 15.9 Å². The summed E-state index contributed by atoms with van der Waals surface area (Å²) in [7, 11) is 1.59. The molecule has 0 heterocycles. The molecule has 0 radical (unpaired) electrons.